The normalized spacial score (nSPS) is 12.4. The maximum atomic E-state index is 6.52. The monoisotopic (exact) mass is 433 g/mol. The summed E-state index contributed by atoms with van der Waals surface area (Å²) in [6, 6.07) is 42.8. The van der Waals surface area contributed by atoms with E-state index in [0.29, 0.717) is 0 Å². The summed E-state index contributed by atoms with van der Waals surface area (Å²) < 4.78 is 0. The van der Waals surface area contributed by atoms with Crippen LogP contribution in [0, 0.1) is 0 Å². The average molecular weight is 433 g/mol. The zero-order chi connectivity index (χ0) is 20.2. The number of nitrogens with one attached hydrogen (secondary N) is 1. The van der Waals surface area contributed by atoms with Crippen LogP contribution in [0.5, 0.6) is 0 Å². The van der Waals surface area contributed by atoms with Crippen LogP contribution < -0.4 is 26.1 Å². The van der Waals surface area contributed by atoms with E-state index >= 15 is 0 Å². The van der Waals surface area contributed by atoms with Crippen molar-refractivity contribution in [2.24, 2.45) is 0 Å². The molecule has 0 bridgehead atoms. The van der Waals surface area contributed by atoms with Crippen LogP contribution >= 0.6 is 13.6 Å². The van der Waals surface area contributed by atoms with E-state index in [1.54, 1.807) is 0 Å². The summed E-state index contributed by atoms with van der Waals surface area (Å²) in [6.45, 7) is 2.38. The van der Waals surface area contributed by atoms with Gasteiger partial charge in [0.1, 0.15) is 0 Å². The van der Waals surface area contributed by atoms with Crippen LogP contribution in [-0.4, -0.2) is 6.66 Å². The van der Waals surface area contributed by atoms with Crippen LogP contribution in [0.2, 0.25) is 0 Å². The Bertz CT molecular complexity index is 1020. The topological polar surface area (TPSA) is 12.0 Å². The quantitative estimate of drug-likeness (QED) is 0.447. The van der Waals surface area contributed by atoms with Crippen molar-refractivity contribution in [3.8, 4) is 0 Å². The fourth-order valence-corrected chi connectivity index (χ4v) is 14.2. The predicted octanol–water partition coefficient (Wildman–Crippen LogP) is 4.57. The van der Waals surface area contributed by atoms with Crippen LogP contribution in [0.25, 0.3) is 0 Å². The second-order valence-corrected chi connectivity index (χ2v) is 15.4. The second-order valence-electron chi connectivity index (χ2n) is 7.25. The molecule has 1 N–H and O–H groups in total. The van der Waals surface area contributed by atoms with Gasteiger partial charge in [-0.05, 0) is 0 Å². The minimum atomic E-state index is -2.31. The third kappa shape index (κ3) is 4.13. The van der Waals surface area contributed by atoms with Crippen LogP contribution in [0.1, 0.15) is 0 Å². The molecule has 0 aliphatic heterocycles. The van der Waals surface area contributed by atoms with Crippen molar-refractivity contribution in [2.45, 2.75) is 0 Å². The second kappa shape index (κ2) is 8.74. The number of hydrogen-bond donors (Lipinski definition) is 1. The molecule has 0 aliphatic rings. The molecule has 1 nitrogen and oxygen atoms in total. The Hall–Kier alpha value is -2.08. The first-order valence-electron chi connectivity index (χ1n) is 9.75. The molecule has 0 atom stereocenters. The van der Waals surface area contributed by atoms with E-state index in [0.717, 1.165) is 0 Å². The number of hydrogen-bond acceptors (Lipinski definition) is 1. The summed E-state index contributed by atoms with van der Waals surface area (Å²) in [5.41, 5.74) is 0. The molecule has 146 valence electrons. The molecule has 0 unspecified atom stereocenters. The molecule has 29 heavy (non-hydrogen) atoms. The van der Waals surface area contributed by atoms with Gasteiger partial charge in [0.25, 0.3) is 0 Å². The summed E-state index contributed by atoms with van der Waals surface area (Å²) in [4.78, 5) is 4.14. The zero-order valence-corrected chi connectivity index (χ0v) is 19.1. The van der Waals surface area contributed by atoms with E-state index in [1.165, 1.54) is 21.2 Å². The Morgan fingerprint density at radius 3 is 1.21 bits per heavy atom. The van der Waals surface area contributed by atoms with Crippen LogP contribution in [0.15, 0.2) is 121 Å². The first-order valence-corrected chi connectivity index (χ1v) is 15.0. The van der Waals surface area contributed by atoms with E-state index in [1.807, 2.05) is 0 Å². The van der Waals surface area contributed by atoms with Gasteiger partial charge in [-0.15, -0.1) is 0 Å². The van der Waals surface area contributed by atoms with Gasteiger partial charge >= 0.3 is 179 Å². The molecular weight excluding hydrogens is 408 g/mol. The van der Waals surface area contributed by atoms with Gasteiger partial charge in [-0.2, -0.15) is 0 Å². The zero-order valence-electron chi connectivity index (χ0n) is 16.4. The van der Waals surface area contributed by atoms with Crippen molar-refractivity contribution in [3.63, 3.8) is 0 Å². The summed E-state index contributed by atoms with van der Waals surface area (Å²) in [7, 11) is -2.31. The third-order valence-corrected chi connectivity index (χ3v) is 15.5. The minimum absolute atomic E-state index is 1.20. The standard InChI is InChI=1S/C25H25NP2S/c1-27(22-14-6-2-7-15-22,23-16-8-3-9-17-23)26-28(29,24-18-10-4-11-19-24)25-20-12-5-13-21-25/h2-21,27H,1H3,(H,26,29). The van der Waals surface area contributed by atoms with Gasteiger partial charge in [-0.3, -0.25) is 0 Å². The van der Waals surface area contributed by atoms with Crippen molar-refractivity contribution in [2.75, 3.05) is 6.66 Å². The molecule has 0 fully saturated rings. The van der Waals surface area contributed by atoms with Gasteiger partial charge in [0, 0.05) is 0 Å². The van der Waals surface area contributed by atoms with Gasteiger partial charge in [-0.25, -0.2) is 0 Å². The van der Waals surface area contributed by atoms with Crippen molar-refractivity contribution in [1.82, 2.24) is 4.86 Å². The third-order valence-electron chi connectivity index (χ3n) is 5.32. The fraction of sp³-hybridized carbons (Fsp3) is 0.0400. The summed E-state index contributed by atoms with van der Waals surface area (Å²) >= 11 is 6.52. The Balaban J connectivity index is 1.92. The van der Waals surface area contributed by atoms with Gasteiger partial charge in [-0.1, -0.05) is 0 Å². The van der Waals surface area contributed by atoms with E-state index in [4.69, 9.17) is 11.8 Å². The van der Waals surface area contributed by atoms with E-state index in [2.05, 4.69) is 133 Å². The molecule has 4 rings (SSSR count). The Morgan fingerprint density at radius 1 is 0.552 bits per heavy atom. The molecule has 0 amide bonds. The van der Waals surface area contributed by atoms with Crippen LogP contribution in [0.4, 0.5) is 0 Å². The molecule has 0 radical (unpaired) electrons. The summed E-state index contributed by atoms with van der Waals surface area (Å²) in [5.74, 6) is 0. The van der Waals surface area contributed by atoms with Crippen molar-refractivity contribution >= 4 is 46.6 Å². The molecule has 0 saturated carbocycles. The van der Waals surface area contributed by atoms with Crippen molar-refractivity contribution < 1.29 is 0 Å². The molecule has 4 aromatic rings. The predicted molar refractivity (Wildman–Crippen MR) is 136 cm³/mol. The molecular formula is C25H25NP2S. The first-order chi connectivity index (χ1) is 14.1. The molecule has 0 aliphatic carbocycles. The van der Waals surface area contributed by atoms with Gasteiger partial charge in [0.2, 0.25) is 0 Å². The molecule has 0 saturated heterocycles. The van der Waals surface area contributed by atoms with Crippen molar-refractivity contribution in [3.05, 3.63) is 121 Å². The summed E-state index contributed by atoms with van der Waals surface area (Å²) in [5, 5.41) is 5.08. The Morgan fingerprint density at radius 2 is 0.862 bits per heavy atom. The van der Waals surface area contributed by atoms with Crippen LogP contribution in [-0.2, 0) is 11.8 Å². The van der Waals surface area contributed by atoms with E-state index < -0.39 is 13.6 Å². The average Bonchev–Trinajstić information content (AvgIpc) is 2.81. The Kier molecular flexibility index (Phi) is 6.09. The number of rotatable bonds is 6. The first kappa shape index (κ1) is 20.2. The van der Waals surface area contributed by atoms with Crippen LogP contribution in [0.3, 0.4) is 0 Å². The molecule has 0 aromatic heterocycles. The molecule has 4 heteroatoms. The molecule has 4 aromatic carbocycles. The van der Waals surface area contributed by atoms with Gasteiger partial charge in [0.05, 0.1) is 0 Å². The maximum absolute atomic E-state index is 6.52. The molecule has 0 heterocycles. The Labute approximate surface area is 179 Å². The van der Waals surface area contributed by atoms with E-state index in [9.17, 15) is 0 Å². The molecule has 0 spiro atoms. The SMILES string of the molecule is C[PH](NP(=S)(c1ccccc1)c1ccccc1)(c1ccccc1)c1ccccc1. The van der Waals surface area contributed by atoms with E-state index in [-0.39, 0.29) is 0 Å². The number of benzene rings is 4. The fourth-order valence-electron chi connectivity index (χ4n) is 3.71. The van der Waals surface area contributed by atoms with Gasteiger partial charge in [0.15, 0.2) is 0 Å². The summed E-state index contributed by atoms with van der Waals surface area (Å²) in [6.07, 6.45) is -2.23. The van der Waals surface area contributed by atoms with Crippen molar-refractivity contribution in [1.29, 1.82) is 0 Å². The van der Waals surface area contributed by atoms with Gasteiger partial charge < -0.3 is 0 Å².